The average molecular weight is 314 g/mol. The van der Waals surface area contributed by atoms with Gasteiger partial charge in [-0.1, -0.05) is 12.1 Å². The SMILES string of the molecule is O=S(=O)(c1ccccc1N1CCC(Cl)C1)C(F)(F)F. The largest absolute Gasteiger partial charge is 0.501 e. The number of alkyl halides is 4. The Balaban J connectivity index is 2.48. The van der Waals surface area contributed by atoms with E-state index in [0.29, 0.717) is 19.5 Å². The molecule has 1 aromatic rings. The summed E-state index contributed by atoms with van der Waals surface area (Å²) in [6, 6.07) is 5.12. The standard InChI is InChI=1S/C11H11ClF3NO2S/c12-8-5-6-16(7-8)9-3-1-2-4-10(9)19(17,18)11(13,14)15/h1-4,8H,5-7H2. The highest BCUT2D eigenvalue weighted by molar-refractivity contribution is 7.92. The fourth-order valence-electron chi connectivity index (χ4n) is 2.01. The molecule has 1 saturated heterocycles. The van der Waals surface area contributed by atoms with E-state index in [4.69, 9.17) is 11.6 Å². The zero-order valence-corrected chi connectivity index (χ0v) is 11.3. The van der Waals surface area contributed by atoms with Crippen LogP contribution in [0, 0.1) is 0 Å². The summed E-state index contributed by atoms with van der Waals surface area (Å²) < 4.78 is 60.9. The lowest BCUT2D eigenvalue weighted by atomic mass is 10.3. The zero-order valence-electron chi connectivity index (χ0n) is 9.69. The topological polar surface area (TPSA) is 37.4 Å². The average Bonchev–Trinajstić information content (AvgIpc) is 2.74. The number of para-hydroxylation sites is 1. The van der Waals surface area contributed by atoms with E-state index in [1.807, 2.05) is 0 Å². The van der Waals surface area contributed by atoms with Crippen molar-refractivity contribution in [2.24, 2.45) is 0 Å². The minimum Gasteiger partial charge on any atom is -0.369 e. The van der Waals surface area contributed by atoms with E-state index in [2.05, 4.69) is 0 Å². The number of anilines is 1. The maximum atomic E-state index is 12.6. The van der Waals surface area contributed by atoms with Crippen molar-refractivity contribution in [1.82, 2.24) is 0 Å². The van der Waals surface area contributed by atoms with Crippen molar-refractivity contribution in [2.45, 2.75) is 22.2 Å². The number of hydrogen-bond donors (Lipinski definition) is 0. The van der Waals surface area contributed by atoms with Gasteiger partial charge in [0, 0.05) is 13.1 Å². The van der Waals surface area contributed by atoms with Gasteiger partial charge < -0.3 is 4.90 Å². The highest BCUT2D eigenvalue weighted by Crippen LogP contribution is 2.37. The molecule has 1 heterocycles. The third-order valence-electron chi connectivity index (χ3n) is 2.93. The van der Waals surface area contributed by atoms with Crippen LogP contribution in [0.15, 0.2) is 29.2 Å². The molecule has 0 radical (unpaired) electrons. The molecule has 0 spiro atoms. The molecular weight excluding hydrogens is 303 g/mol. The van der Waals surface area contributed by atoms with E-state index in [-0.39, 0.29) is 11.1 Å². The molecule has 8 heteroatoms. The van der Waals surface area contributed by atoms with Crippen molar-refractivity contribution < 1.29 is 21.6 Å². The summed E-state index contributed by atoms with van der Waals surface area (Å²) in [6.45, 7) is 0.782. The number of nitrogens with zero attached hydrogens (tertiary/aromatic N) is 1. The fraction of sp³-hybridized carbons (Fsp3) is 0.455. The Kier molecular flexibility index (Phi) is 3.70. The summed E-state index contributed by atoms with van der Waals surface area (Å²) in [7, 11) is -5.35. The first-order valence-electron chi connectivity index (χ1n) is 5.53. The number of halogens is 4. The van der Waals surface area contributed by atoms with E-state index in [1.54, 1.807) is 4.90 Å². The van der Waals surface area contributed by atoms with Crippen molar-refractivity contribution in [2.75, 3.05) is 18.0 Å². The van der Waals surface area contributed by atoms with Crippen LogP contribution in [0.5, 0.6) is 0 Å². The molecule has 0 aliphatic carbocycles. The van der Waals surface area contributed by atoms with Crippen LogP contribution in [0.1, 0.15) is 6.42 Å². The summed E-state index contributed by atoms with van der Waals surface area (Å²) >= 11 is 5.90. The maximum Gasteiger partial charge on any atom is 0.501 e. The molecule has 2 rings (SSSR count). The highest BCUT2D eigenvalue weighted by atomic mass is 35.5. The van der Waals surface area contributed by atoms with Gasteiger partial charge in [0.2, 0.25) is 0 Å². The first-order valence-corrected chi connectivity index (χ1v) is 7.45. The Morgan fingerprint density at radius 1 is 1.26 bits per heavy atom. The van der Waals surface area contributed by atoms with Gasteiger partial charge in [0.05, 0.1) is 16.0 Å². The second kappa shape index (κ2) is 4.86. The van der Waals surface area contributed by atoms with E-state index in [9.17, 15) is 21.6 Å². The molecule has 1 aliphatic heterocycles. The Morgan fingerprint density at radius 3 is 2.42 bits per heavy atom. The zero-order chi connectivity index (χ0) is 14.3. The predicted octanol–water partition coefficient (Wildman–Crippen LogP) is 2.80. The van der Waals surface area contributed by atoms with Crippen LogP contribution in [-0.2, 0) is 9.84 Å². The molecular formula is C11H11ClF3NO2S. The lowest BCUT2D eigenvalue weighted by Gasteiger charge is -2.21. The van der Waals surface area contributed by atoms with Crippen LogP contribution in [-0.4, -0.2) is 32.4 Å². The van der Waals surface area contributed by atoms with Gasteiger partial charge in [-0.05, 0) is 18.6 Å². The van der Waals surface area contributed by atoms with Gasteiger partial charge in [0.25, 0.3) is 9.84 Å². The van der Waals surface area contributed by atoms with Crippen LogP contribution in [0.25, 0.3) is 0 Å². The smallest absolute Gasteiger partial charge is 0.369 e. The van der Waals surface area contributed by atoms with Gasteiger partial charge in [-0.25, -0.2) is 8.42 Å². The molecule has 19 heavy (non-hydrogen) atoms. The lowest BCUT2D eigenvalue weighted by molar-refractivity contribution is -0.0435. The van der Waals surface area contributed by atoms with Crippen LogP contribution >= 0.6 is 11.6 Å². The number of sulfone groups is 1. The molecule has 3 nitrogen and oxygen atoms in total. The fourth-order valence-corrected chi connectivity index (χ4v) is 3.25. The minimum absolute atomic E-state index is 0.0583. The summed E-state index contributed by atoms with van der Waals surface area (Å²) in [5, 5.41) is -0.179. The van der Waals surface area contributed by atoms with Crippen LogP contribution in [0.4, 0.5) is 18.9 Å². The summed E-state index contributed by atoms with van der Waals surface area (Å²) in [5.74, 6) is 0. The molecule has 1 atom stereocenters. The van der Waals surface area contributed by atoms with Gasteiger partial charge in [0.15, 0.2) is 0 Å². The van der Waals surface area contributed by atoms with Gasteiger partial charge in [-0.2, -0.15) is 13.2 Å². The highest BCUT2D eigenvalue weighted by Gasteiger charge is 2.48. The van der Waals surface area contributed by atoms with Gasteiger partial charge in [-0.3, -0.25) is 0 Å². The molecule has 106 valence electrons. The minimum atomic E-state index is -5.35. The second-order valence-corrected chi connectivity index (χ2v) is 6.78. The molecule has 1 aliphatic rings. The summed E-state index contributed by atoms with van der Waals surface area (Å²) in [4.78, 5) is 0.851. The number of rotatable bonds is 2. The molecule has 1 aromatic carbocycles. The molecule has 0 aromatic heterocycles. The van der Waals surface area contributed by atoms with Crippen LogP contribution in [0.2, 0.25) is 0 Å². The van der Waals surface area contributed by atoms with Gasteiger partial charge in [0.1, 0.15) is 0 Å². The van der Waals surface area contributed by atoms with Gasteiger partial charge in [-0.15, -0.1) is 11.6 Å². The molecule has 1 unspecified atom stereocenters. The summed E-state index contributed by atoms with van der Waals surface area (Å²) in [5.41, 5.74) is -5.24. The first-order chi connectivity index (χ1) is 8.73. The molecule has 0 N–H and O–H groups in total. The lowest BCUT2D eigenvalue weighted by Crippen LogP contribution is -2.27. The first kappa shape index (κ1) is 14.5. The van der Waals surface area contributed by atoms with Crippen molar-refractivity contribution >= 4 is 27.1 Å². The van der Waals surface area contributed by atoms with E-state index in [1.165, 1.54) is 18.2 Å². The maximum absolute atomic E-state index is 12.6. The molecule has 0 saturated carbocycles. The third-order valence-corrected chi connectivity index (χ3v) is 4.82. The van der Waals surface area contributed by atoms with Crippen molar-refractivity contribution in [3.63, 3.8) is 0 Å². The summed E-state index contributed by atoms with van der Waals surface area (Å²) in [6.07, 6.45) is 0.613. The Hall–Kier alpha value is -0.950. The van der Waals surface area contributed by atoms with E-state index in [0.717, 1.165) is 6.07 Å². The normalized spacial score (nSPS) is 20.8. The number of hydrogen-bond acceptors (Lipinski definition) is 3. The Bertz CT molecular complexity index is 574. The second-order valence-electron chi connectivity index (χ2n) is 4.25. The van der Waals surface area contributed by atoms with Crippen molar-refractivity contribution in [3.8, 4) is 0 Å². The predicted molar refractivity (Wildman–Crippen MR) is 66.2 cm³/mol. The Labute approximate surface area is 113 Å². The molecule has 0 bridgehead atoms. The molecule has 0 amide bonds. The van der Waals surface area contributed by atoms with Crippen LogP contribution < -0.4 is 4.90 Å². The van der Waals surface area contributed by atoms with Crippen molar-refractivity contribution in [1.29, 1.82) is 0 Å². The monoisotopic (exact) mass is 313 g/mol. The Morgan fingerprint density at radius 2 is 1.89 bits per heavy atom. The quantitative estimate of drug-likeness (QED) is 0.788. The third kappa shape index (κ3) is 2.67. The molecule has 1 fully saturated rings. The van der Waals surface area contributed by atoms with E-state index < -0.39 is 20.2 Å². The van der Waals surface area contributed by atoms with Crippen LogP contribution in [0.3, 0.4) is 0 Å². The van der Waals surface area contributed by atoms with Gasteiger partial charge >= 0.3 is 5.51 Å². The number of benzene rings is 1. The van der Waals surface area contributed by atoms with E-state index >= 15 is 0 Å². The van der Waals surface area contributed by atoms with Crippen molar-refractivity contribution in [3.05, 3.63) is 24.3 Å².